The predicted molar refractivity (Wildman–Crippen MR) is 90.4 cm³/mol. The van der Waals surface area contributed by atoms with E-state index in [4.69, 9.17) is 4.74 Å². The molecule has 0 saturated carbocycles. The van der Waals surface area contributed by atoms with Gasteiger partial charge in [0.1, 0.15) is 0 Å². The maximum Gasteiger partial charge on any atom is 0.0716 e. The average Bonchev–Trinajstić information content (AvgIpc) is 2.48. The van der Waals surface area contributed by atoms with Gasteiger partial charge >= 0.3 is 0 Å². The molecule has 1 rings (SSSR count). The molecule has 0 fully saturated rings. The van der Waals surface area contributed by atoms with Crippen LogP contribution in [0.3, 0.4) is 0 Å². The van der Waals surface area contributed by atoms with Gasteiger partial charge in [0.2, 0.25) is 0 Å². The summed E-state index contributed by atoms with van der Waals surface area (Å²) >= 11 is 0. The largest absolute Gasteiger partial charge is 0.380 e. The minimum absolute atomic E-state index is 0.592. The van der Waals surface area contributed by atoms with Gasteiger partial charge < -0.3 is 15.0 Å². The molecule has 0 heterocycles. The molecule has 1 N–H and O–H groups in total. The lowest BCUT2D eigenvalue weighted by Gasteiger charge is -2.31. The van der Waals surface area contributed by atoms with Gasteiger partial charge in [-0.3, -0.25) is 0 Å². The molecule has 0 spiro atoms. The molecular weight excluding hydrogens is 260 g/mol. The monoisotopic (exact) mass is 292 g/mol. The molecule has 21 heavy (non-hydrogen) atoms. The minimum Gasteiger partial charge on any atom is -0.380 e. The highest BCUT2D eigenvalue weighted by Gasteiger charge is 2.20. The van der Waals surface area contributed by atoms with Gasteiger partial charge in [0, 0.05) is 26.2 Å². The van der Waals surface area contributed by atoms with Crippen molar-refractivity contribution in [1.82, 2.24) is 10.2 Å². The number of ether oxygens (including phenoxy) is 1. The van der Waals surface area contributed by atoms with Gasteiger partial charge in [0.05, 0.1) is 6.61 Å². The van der Waals surface area contributed by atoms with Crippen LogP contribution >= 0.6 is 0 Å². The average molecular weight is 292 g/mol. The van der Waals surface area contributed by atoms with Crippen LogP contribution in [-0.4, -0.2) is 38.7 Å². The smallest absolute Gasteiger partial charge is 0.0716 e. The molecule has 0 aliphatic rings. The first kappa shape index (κ1) is 18.1. The molecular formula is C18H32N2O. The number of likely N-dealkylation sites (N-methyl/N-ethyl adjacent to an activating group) is 1. The van der Waals surface area contributed by atoms with Gasteiger partial charge in [-0.25, -0.2) is 0 Å². The van der Waals surface area contributed by atoms with E-state index in [1.807, 2.05) is 0 Å². The molecule has 1 aromatic carbocycles. The summed E-state index contributed by atoms with van der Waals surface area (Å²) in [6.45, 7) is 7.20. The number of hydrogen-bond acceptors (Lipinski definition) is 3. The van der Waals surface area contributed by atoms with Gasteiger partial charge in [-0.1, -0.05) is 51.0 Å². The van der Waals surface area contributed by atoms with Crippen LogP contribution in [-0.2, 0) is 17.9 Å². The zero-order chi connectivity index (χ0) is 15.7. The second kappa shape index (κ2) is 9.93. The Kier molecular flexibility index (Phi) is 8.58. The first-order valence-corrected chi connectivity index (χ1v) is 8.06. The molecule has 1 aromatic rings. The molecule has 0 aliphatic carbocycles. The Morgan fingerprint density at radius 1 is 1.10 bits per heavy atom. The molecule has 0 amide bonds. The highest BCUT2D eigenvalue weighted by molar-refractivity contribution is 5.26. The zero-order valence-corrected chi connectivity index (χ0v) is 14.4. The van der Waals surface area contributed by atoms with Crippen molar-refractivity contribution in [2.75, 3.05) is 27.7 Å². The summed E-state index contributed by atoms with van der Waals surface area (Å²) in [5.41, 5.74) is 2.61. The Morgan fingerprint density at radius 3 is 2.24 bits per heavy atom. The summed E-state index contributed by atoms with van der Waals surface area (Å²) in [5.74, 6) is 0.752. The van der Waals surface area contributed by atoms with E-state index in [1.54, 1.807) is 7.11 Å². The minimum atomic E-state index is 0.592. The fraction of sp³-hybridized carbons (Fsp3) is 0.667. The molecule has 0 radical (unpaired) electrons. The van der Waals surface area contributed by atoms with Gasteiger partial charge in [-0.15, -0.1) is 0 Å². The highest BCUT2D eigenvalue weighted by atomic mass is 16.5. The summed E-state index contributed by atoms with van der Waals surface area (Å²) in [7, 11) is 6.12. The molecule has 1 unspecified atom stereocenters. The van der Waals surface area contributed by atoms with Crippen LogP contribution in [0.15, 0.2) is 24.3 Å². The third-order valence-electron chi connectivity index (χ3n) is 4.34. The number of nitrogens with zero attached hydrogens (tertiary/aromatic N) is 1. The molecule has 0 bridgehead atoms. The SMILES string of the molecule is CCC(CC)C(CNCc1ccccc1COC)N(C)C. The van der Waals surface area contributed by atoms with Crippen molar-refractivity contribution < 1.29 is 4.74 Å². The lowest BCUT2D eigenvalue weighted by atomic mass is 9.93. The second-order valence-corrected chi connectivity index (χ2v) is 5.94. The molecule has 120 valence electrons. The fourth-order valence-electron chi connectivity index (χ4n) is 2.98. The van der Waals surface area contributed by atoms with Crippen LogP contribution in [0, 0.1) is 5.92 Å². The first-order valence-electron chi connectivity index (χ1n) is 8.06. The lowest BCUT2D eigenvalue weighted by Crippen LogP contribution is -2.42. The van der Waals surface area contributed by atoms with E-state index in [1.165, 1.54) is 24.0 Å². The van der Waals surface area contributed by atoms with E-state index in [9.17, 15) is 0 Å². The number of rotatable bonds is 10. The Hall–Kier alpha value is -0.900. The second-order valence-electron chi connectivity index (χ2n) is 5.94. The standard InChI is InChI=1S/C18H32N2O/c1-6-15(7-2)18(20(3)4)13-19-12-16-10-8-9-11-17(16)14-21-5/h8-11,15,18-19H,6-7,12-14H2,1-5H3. The van der Waals surface area contributed by atoms with Crippen LogP contribution in [0.25, 0.3) is 0 Å². The summed E-state index contributed by atoms with van der Waals surface area (Å²) in [6.07, 6.45) is 2.47. The van der Waals surface area contributed by atoms with Crippen molar-refractivity contribution in [2.24, 2.45) is 5.92 Å². The summed E-state index contributed by atoms with van der Waals surface area (Å²) in [4.78, 5) is 2.35. The summed E-state index contributed by atoms with van der Waals surface area (Å²) < 4.78 is 5.27. The van der Waals surface area contributed by atoms with Gasteiger partial charge in [0.25, 0.3) is 0 Å². The number of methoxy groups -OCH3 is 1. The van der Waals surface area contributed by atoms with Crippen molar-refractivity contribution in [2.45, 2.75) is 45.9 Å². The van der Waals surface area contributed by atoms with Gasteiger partial charge in [-0.2, -0.15) is 0 Å². The predicted octanol–water partition coefficient (Wildman–Crippen LogP) is 3.29. The first-order chi connectivity index (χ1) is 10.1. The molecule has 3 heteroatoms. The third kappa shape index (κ3) is 5.77. The number of nitrogens with one attached hydrogen (secondary N) is 1. The fourth-order valence-corrected chi connectivity index (χ4v) is 2.98. The summed E-state index contributed by atoms with van der Waals surface area (Å²) in [5, 5.41) is 3.63. The number of benzene rings is 1. The van der Waals surface area contributed by atoms with Crippen LogP contribution < -0.4 is 5.32 Å². The quantitative estimate of drug-likeness (QED) is 0.716. The van der Waals surface area contributed by atoms with Crippen molar-refractivity contribution >= 4 is 0 Å². The van der Waals surface area contributed by atoms with Gasteiger partial charge in [-0.05, 0) is 31.1 Å². The van der Waals surface area contributed by atoms with E-state index in [0.717, 1.165) is 19.0 Å². The van der Waals surface area contributed by atoms with Crippen molar-refractivity contribution in [3.8, 4) is 0 Å². The molecule has 0 aromatic heterocycles. The Morgan fingerprint density at radius 2 is 1.71 bits per heavy atom. The topological polar surface area (TPSA) is 24.5 Å². The van der Waals surface area contributed by atoms with E-state index >= 15 is 0 Å². The Balaban J connectivity index is 2.58. The normalized spacial score (nSPS) is 13.1. The Bertz CT molecular complexity index is 389. The van der Waals surface area contributed by atoms with E-state index in [2.05, 4.69) is 62.4 Å². The van der Waals surface area contributed by atoms with Crippen molar-refractivity contribution in [1.29, 1.82) is 0 Å². The third-order valence-corrected chi connectivity index (χ3v) is 4.34. The van der Waals surface area contributed by atoms with E-state index in [-0.39, 0.29) is 0 Å². The van der Waals surface area contributed by atoms with Crippen LogP contribution in [0.5, 0.6) is 0 Å². The molecule has 1 atom stereocenters. The molecule has 3 nitrogen and oxygen atoms in total. The lowest BCUT2D eigenvalue weighted by molar-refractivity contribution is 0.183. The van der Waals surface area contributed by atoms with Crippen LogP contribution in [0.2, 0.25) is 0 Å². The van der Waals surface area contributed by atoms with Crippen LogP contribution in [0.4, 0.5) is 0 Å². The molecule has 0 aliphatic heterocycles. The maximum atomic E-state index is 5.27. The highest BCUT2D eigenvalue weighted by Crippen LogP contribution is 2.17. The van der Waals surface area contributed by atoms with E-state index < -0.39 is 0 Å². The number of hydrogen-bond donors (Lipinski definition) is 1. The molecule has 0 saturated heterocycles. The van der Waals surface area contributed by atoms with Crippen molar-refractivity contribution in [3.63, 3.8) is 0 Å². The van der Waals surface area contributed by atoms with E-state index in [0.29, 0.717) is 12.6 Å². The maximum absolute atomic E-state index is 5.27. The zero-order valence-electron chi connectivity index (χ0n) is 14.4. The van der Waals surface area contributed by atoms with Gasteiger partial charge in [0.15, 0.2) is 0 Å². The van der Waals surface area contributed by atoms with Crippen LogP contribution in [0.1, 0.15) is 37.8 Å². The summed E-state index contributed by atoms with van der Waals surface area (Å²) in [6, 6.07) is 9.09. The Labute approximate surface area is 130 Å². The van der Waals surface area contributed by atoms with Crippen molar-refractivity contribution in [3.05, 3.63) is 35.4 Å².